The fourth-order valence-corrected chi connectivity index (χ4v) is 3.93. The van der Waals surface area contributed by atoms with E-state index >= 15 is 0 Å². The van der Waals surface area contributed by atoms with Crippen LogP contribution >= 0.6 is 0 Å². The molecule has 1 aliphatic carbocycles. The van der Waals surface area contributed by atoms with E-state index in [4.69, 9.17) is 14.2 Å². The van der Waals surface area contributed by atoms with Gasteiger partial charge in [-0.1, -0.05) is 24.0 Å². The van der Waals surface area contributed by atoms with Gasteiger partial charge in [0, 0.05) is 6.54 Å². The molecule has 0 aliphatic heterocycles. The van der Waals surface area contributed by atoms with Crippen molar-refractivity contribution in [3.05, 3.63) is 53.1 Å². The summed E-state index contributed by atoms with van der Waals surface area (Å²) in [7, 11) is 7.03. The van der Waals surface area contributed by atoms with E-state index in [1.807, 2.05) is 24.3 Å². The Morgan fingerprint density at radius 3 is 2.19 bits per heavy atom. The Hall–Kier alpha value is -2.68. The van der Waals surface area contributed by atoms with Gasteiger partial charge in [-0.2, -0.15) is 0 Å². The maximum atomic E-state index is 11.1. The van der Waals surface area contributed by atoms with Crippen LogP contribution < -0.4 is 14.2 Å². The number of hydrogen-bond donors (Lipinski definition) is 1. The third-order valence-electron chi connectivity index (χ3n) is 5.91. The van der Waals surface area contributed by atoms with Gasteiger partial charge in [-0.3, -0.25) is 4.90 Å². The van der Waals surface area contributed by atoms with Crippen molar-refractivity contribution in [1.82, 2.24) is 4.90 Å². The Morgan fingerprint density at radius 2 is 1.61 bits per heavy atom. The number of aliphatic hydroxyl groups is 1. The molecule has 0 saturated heterocycles. The highest BCUT2D eigenvalue weighted by Gasteiger charge is 2.28. The number of rotatable bonds is 7. The first-order valence-corrected chi connectivity index (χ1v) is 10.7. The second-order valence-electron chi connectivity index (χ2n) is 8.15. The van der Waals surface area contributed by atoms with Crippen molar-refractivity contribution in [3.63, 3.8) is 0 Å². The van der Waals surface area contributed by atoms with Crippen LogP contribution in [0.15, 0.2) is 36.4 Å². The standard InChI is InChI=1S/C26H33NO4/c1-27(16-11-20-7-5-8-23(17-20)29-2)15-6-12-26(28)13-9-21-18-24(30-3)25(31-4)19-22(21)10-14-26/h5,7-8,17-19,28H,9-11,13-16H2,1-4H3. The Kier molecular flexibility index (Phi) is 7.84. The highest BCUT2D eigenvalue weighted by Crippen LogP contribution is 2.35. The van der Waals surface area contributed by atoms with Gasteiger partial charge in [-0.15, -0.1) is 0 Å². The molecule has 0 spiro atoms. The number of ether oxygens (including phenoxy) is 3. The predicted octanol–water partition coefficient (Wildman–Crippen LogP) is 3.50. The van der Waals surface area contributed by atoms with Crippen molar-refractivity contribution in [3.8, 4) is 29.1 Å². The number of aryl methyl sites for hydroxylation is 2. The molecule has 0 heterocycles. The van der Waals surface area contributed by atoms with Crippen LogP contribution in [0.2, 0.25) is 0 Å². The summed E-state index contributed by atoms with van der Waals surface area (Å²) in [5, 5.41) is 11.1. The van der Waals surface area contributed by atoms with Crippen molar-refractivity contribution in [2.24, 2.45) is 0 Å². The minimum absolute atomic E-state index is 0.621. The topological polar surface area (TPSA) is 51.2 Å². The first kappa shape index (κ1) is 23.0. The number of nitrogens with zero attached hydrogens (tertiary/aromatic N) is 1. The fraction of sp³-hybridized carbons (Fsp3) is 0.462. The molecule has 0 fully saturated rings. The van der Waals surface area contributed by atoms with Gasteiger partial charge in [0.1, 0.15) is 11.4 Å². The van der Waals surface area contributed by atoms with E-state index in [1.54, 1.807) is 21.3 Å². The molecule has 0 atom stereocenters. The molecule has 31 heavy (non-hydrogen) atoms. The Morgan fingerprint density at radius 1 is 0.968 bits per heavy atom. The Labute approximate surface area is 185 Å². The van der Waals surface area contributed by atoms with Gasteiger partial charge in [0.25, 0.3) is 0 Å². The smallest absolute Gasteiger partial charge is 0.161 e. The van der Waals surface area contributed by atoms with E-state index in [9.17, 15) is 5.11 Å². The van der Waals surface area contributed by atoms with Gasteiger partial charge in [0.15, 0.2) is 11.5 Å². The summed E-state index contributed by atoms with van der Waals surface area (Å²) in [5.41, 5.74) is 2.68. The van der Waals surface area contributed by atoms with E-state index in [1.165, 1.54) is 16.7 Å². The van der Waals surface area contributed by atoms with Gasteiger partial charge < -0.3 is 19.3 Å². The lowest BCUT2D eigenvalue weighted by molar-refractivity contribution is 0.0856. The summed E-state index contributed by atoms with van der Waals surface area (Å²) >= 11 is 0. The van der Waals surface area contributed by atoms with Crippen LogP contribution in [0.4, 0.5) is 0 Å². The lowest BCUT2D eigenvalue weighted by Gasteiger charge is -2.20. The molecule has 1 aliphatic rings. The Balaban J connectivity index is 1.56. The fourth-order valence-electron chi connectivity index (χ4n) is 3.93. The molecule has 0 unspecified atom stereocenters. The largest absolute Gasteiger partial charge is 0.497 e. The molecule has 166 valence electrons. The average Bonchev–Trinajstić information content (AvgIpc) is 2.95. The quantitative estimate of drug-likeness (QED) is 0.546. The van der Waals surface area contributed by atoms with Crippen molar-refractivity contribution in [2.45, 2.75) is 37.7 Å². The third-order valence-corrected chi connectivity index (χ3v) is 5.91. The number of benzene rings is 2. The summed E-state index contributed by atoms with van der Waals surface area (Å²) in [6.45, 7) is 1.52. The van der Waals surface area contributed by atoms with Crippen molar-refractivity contribution in [2.75, 3.05) is 41.5 Å². The zero-order valence-corrected chi connectivity index (χ0v) is 19.0. The van der Waals surface area contributed by atoms with Crippen LogP contribution in [-0.4, -0.2) is 57.1 Å². The summed E-state index contributed by atoms with van der Waals surface area (Å²) in [6.07, 6.45) is 3.71. The lowest BCUT2D eigenvalue weighted by Crippen LogP contribution is -2.28. The van der Waals surface area contributed by atoms with E-state index in [2.05, 4.69) is 35.9 Å². The molecule has 0 aromatic heterocycles. The van der Waals surface area contributed by atoms with Gasteiger partial charge in [-0.05, 0) is 80.1 Å². The first-order chi connectivity index (χ1) is 15.0. The highest BCUT2D eigenvalue weighted by atomic mass is 16.5. The minimum Gasteiger partial charge on any atom is -0.497 e. The normalized spacial score (nSPS) is 14.8. The third kappa shape index (κ3) is 6.16. The van der Waals surface area contributed by atoms with Crippen LogP contribution in [0.1, 0.15) is 29.5 Å². The monoisotopic (exact) mass is 423 g/mol. The average molecular weight is 424 g/mol. The first-order valence-electron chi connectivity index (χ1n) is 10.7. The van der Waals surface area contributed by atoms with Crippen molar-refractivity contribution < 1.29 is 19.3 Å². The number of likely N-dealkylation sites (N-methyl/N-ethyl adjacent to an activating group) is 1. The molecule has 2 aromatic carbocycles. The van der Waals surface area contributed by atoms with Crippen LogP contribution in [0.5, 0.6) is 17.2 Å². The van der Waals surface area contributed by atoms with Gasteiger partial charge in [-0.25, -0.2) is 0 Å². The SMILES string of the molecule is COc1cccc(CCN(C)CC#CC2(O)CCc3cc(OC)c(OC)cc3CC2)c1. The van der Waals surface area contributed by atoms with E-state index in [0.29, 0.717) is 19.4 Å². The molecule has 2 aromatic rings. The van der Waals surface area contributed by atoms with Crippen LogP contribution in [0, 0.1) is 11.8 Å². The number of fused-ring (bicyclic) bond motifs is 1. The summed E-state index contributed by atoms with van der Waals surface area (Å²) in [4.78, 5) is 2.18. The molecular weight excluding hydrogens is 390 g/mol. The Bertz CT molecular complexity index is 909. The van der Waals surface area contributed by atoms with Crippen molar-refractivity contribution in [1.29, 1.82) is 0 Å². The molecular formula is C26H33NO4. The maximum Gasteiger partial charge on any atom is 0.161 e. The second kappa shape index (κ2) is 10.6. The predicted molar refractivity (Wildman–Crippen MR) is 123 cm³/mol. The van der Waals surface area contributed by atoms with Gasteiger partial charge in [0.2, 0.25) is 0 Å². The molecule has 3 rings (SSSR count). The van der Waals surface area contributed by atoms with Crippen LogP contribution in [0.3, 0.4) is 0 Å². The summed E-state index contributed by atoms with van der Waals surface area (Å²) in [6, 6.07) is 12.2. The van der Waals surface area contributed by atoms with Crippen LogP contribution in [0.25, 0.3) is 0 Å². The lowest BCUT2D eigenvalue weighted by atomic mass is 9.94. The molecule has 5 nitrogen and oxygen atoms in total. The second-order valence-corrected chi connectivity index (χ2v) is 8.15. The molecule has 0 bridgehead atoms. The summed E-state index contributed by atoms with van der Waals surface area (Å²) < 4.78 is 16.1. The highest BCUT2D eigenvalue weighted by molar-refractivity contribution is 5.48. The van der Waals surface area contributed by atoms with Gasteiger partial charge >= 0.3 is 0 Å². The molecule has 5 heteroatoms. The molecule has 0 saturated carbocycles. The molecule has 1 N–H and O–H groups in total. The zero-order valence-electron chi connectivity index (χ0n) is 19.0. The van der Waals surface area contributed by atoms with Gasteiger partial charge in [0.05, 0.1) is 27.9 Å². The minimum atomic E-state index is -0.965. The summed E-state index contributed by atoms with van der Waals surface area (Å²) in [5.74, 6) is 8.71. The van der Waals surface area contributed by atoms with Crippen LogP contribution in [-0.2, 0) is 19.3 Å². The zero-order chi connectivity index (χ0) is 22.3. The molecule has 0 amide bonds. The van der Waals surface area contributed by atoms with E-state index < -0.39 is 5.60 Å². The maximum absolute atomic E-state index is 11.1. The van der Waals surface area contributed by atoms with Crippen molar-refractivity contribution >= 4 is 0 Å². The molecule has 0 radical (unpaired) electrons. The number of methoxy groups -OCH3 is 3. The van der Waals surface area contributed by atoms with E-state index in [0.717, 1.165) is 43.1 Å². The number of hydrogen-bond acceptors (Lipinski definition) is 5. The van der Waals surface area contributed by atoms with E-state index in [-0.39, 0.29) is 0 Å².